The lowest BCUT2D eigenvalue weighted by atomic mass is 10.2. The topological polar surface area (TPSA) is 47.1 Å². The molecule has 4 nitrogen and oxygen atoms in total. The first-order valence-corrected chi connectivity index (χ1v) is 5.73. The number of fused-ring (bicyclic) bond motifs is 1. The van der Waals surface area contributed by atoms with Gasteiger partial charge in [0.25, 0.3) is 0 Å². The molecule has 0 bridgehead atoms. The second-order valence-electron chi connectivity index (χ2n) is 4.43. The molecule has 0 radical (unpaired) electrons. The SMILES string of the molecule is CC(N)CCCN1CCn2ccnc2C1. The zero-order valence-electron chi connectivity index (χ0n) is 9.39. The van der Waals surface area contributed by atoms with Crippen molar-refractivity contribution < 1.29 is 0 Å². The van der Waals surface area contributed by atoms with Crippen molar-refractivity contribution in [3.8, 4) is 0 Å². The van der Waals surface area contributed by atoms with Gasteiger partial charge in [-0.15, -0.1) is 0 Å². The van der Waals surface area contributed by atoms with Gasteiger partial charge in [-0.2, -0.15) is 0 Å². The predicted molar refractivity (Wildman–Crippen MR) is 60.4 cm³/mol. The van der Waals surface area contributed by atoms with Gasteiger partial charge in [0.05, 0.1) is 6.54 Å². The van der Waals surface area contributed by atoms with Gasteiger partial charge in [-0.1, -0.05) is 0 Å². The Kier molecular flexibility index (Phi) is 3.38. The lowest BCUT2D eigenvalue weighted by Gasteiger charge is -2.27. The smallest absolute Gasteiger partial charge is 0.122 e. The Morgan fingerprint density at radius 1 is 1.53 bits per heavy atom. The summed E-state index contributed by atoms with van der Waals surface area (Å²) in [6.45, 7) is 6.43. The van der Waals surface area contributed by atoms with Gasteiger partial charge in [0.2, 0.25) is 0 Å². The van der Waals surface area contributed by atoms with Crippen molar-refractivity contribution in [2.24, 2.45) is 5.73 Å². The minimum atomic E-state index is 0.330. The summed E-state index contributed by atoms with van der Waals surface area (Å²) in [5.74, 6) is 1.20. The van der Waals surface area contributed by atoms with Crippen LogP contribution in [0.25, 0.3) is 0 Å². The van der Waals surface area contributed by atoms with Crippen molar-refractivity contribution in [2.45, 2.75) is 38.9 Å². The largest absolute Gasteiger partial charge is 0.333 e. The summed E-state index contributed by atoms with van der Waals surface area (Å²) in [6.07, 6.45) is 6.26. The highest BCUT2D eigenvalue weighted by Crippen LogP contribution is 2.10. The van der Waals surface area contributed by atoms with Gasteiger partial charge < -0.3 is 10.3 Å². The van der Waals surface area contributed by atoms with Crippen LogP contribution in [0.15, 0.2) is 12.4 Å². The van der Waals surface area contributed by atoms with Crippen molar-refractivity contribution >= 4 is 0 Å². The van der Waals surface area contributed by atoms with Crippen LogP contribution < -0.4 is 5.73 Å². The quantitative estimate of drug-likeness (QED) is 0.797. The van der Waals surface area contributed by atoms with E-state index in [0.29, 0.717) is 6.04 Å². The summed E-state index contributed by atoms with van der Waals surface area (Å²) >= 11 is 0. The Labute approximate surface area is 91.1 Å². The van der Waals surface area contributed by atoms with E-state index in [4.69, 9.17) is 5.73 Å². The van der Waals surface area contributed by atoms with Gasteiger partial charge in [0.1, 0.15) is 5.82 Å². The summed E-state index contributed by atoms with van der Waals surface area (Å²) in [7, 11) is 0. The summed E-state index contributed by atoms with van der Waals surface area (Å²) in [4.78, 5) is 6.81. The molecule has 1 aromatic rings. The third kappa shape index (κ3) is 2.79. The van der Waals surface area contributed by atoms with Gasteiger partial charge in [0, 0.05) is 31.5 Å². The van der Waals surface area contributed by atoms with E-state index in [1.54, 1.807) is 0 Å². The second kappa shape index (κ2) is 4.77. The van der Waals surface area contributed by atoms with Gasteiger partial charge in [-0.25, -0.2) is 4.98 Å². The molecule has 0 spiro atoms. The molecule has 1 aliphatic rings. The molecule has 0 fully saturated rings. The standard InChI is InChI=1S/C11H20N4/c1-10(12)3-2-5-14-7-8-15-6-4-13-11(15)9-14/h4,6,10H,2-3,5,7-9,12H2,1H3. The monoisotopic (exact) mass is 208 g/mol. The molecule has 84 valence electrons. The maximum Gasteiger partial charge on any atom is 0.122 e. The van der Waals surface area contributed by atoms with Crippen molar-refractivity contribution in [1.82, 2.24) is 14.5 Å². The van der Waals surface area contributed by atoms with E-state index in [2.05, 4.69) is 27.6 Å². The van der Waals surface area contributed by atoms with Gasteiger partial charge in [-0.05, 0) is 26.3 Å². The van der Waals surface area contributed by atoms with Crippen LogP contribution in [-0.4, -0.2) is 33.6 Å². The lowest BCUT2D eigenvalue weighted by Crippen LogP contribution is -2.34. The van der Waals surface area contributed by atoms with Crippen molar-refractivity contribution in [3.63, 3.8) is 0 Å². The fraction of sp³-hybridized carbons (Fsp3) is 0.727. The molecule has 1 unspecified atom stereocenters. The second-order valence-corrected chi connectivity index (χ2v) is 4.43. The summed E-state index contributed by atoms with van der Waals surface area (Å²) in [5, 5.41) is 0. The highest BCUT2D eigenvalue weighted by molar-refractivity contribution is 4.95. The Balaban J connectivity index is 1.78. The van der Waals surface area contributed by atoms with E-state index < -0.39 is 0 Å². The first kappa shape index (κ1) is 10.6. The van der Waals surface area contributed by atoms with Crippen molar-refractivity contribution in [3.05, 3.63) is 18.2 Å². The highest BCUT2D eigenvalue weighted by Gasteiger charge is 2.15. The van der Waals surface area contributed by atoms with Crippen LogP contribution in [0.2, 0.25) is 0 Å². The number of imidazole rings is 1. The van der Waals surface area contributed by atoms with E-state index in [-0.39, 0.29) is 0 Å². The molecule has 4 heteroatoms. The Hall–Kier alpha value is -0.870. The molecule has 15 heavy (non-hydrogen) atoms. The molecule has 2 N–H and O–H groups in total. The minimum Gasteiger partial charge on any atom is -0.333 e. The van der Waals surface area contributed by atoms with Gasteiger partial charge in [-0.3, -0.25) is 4.90 Å². The zero-order valence-corrected chi connectivity index (χ0v) is 9.39. The Bertz CT molecular complexity index is 305. The van der Waals surface area contributed by atoms with E-state index in [9.17, 15) is 0 Å². The molecule has 1 aromatic heterocycles. The molecule has 0 aromatic carbocycles. The number of nitrogens with two attached hydrogens (primary N) is 1. The van der Waals surface area contributed by atoms with Crippen molar-refractivity contribution in [1.29, 1.82) is 0 Å². The average Bonchev–Trinajstić information content (AvgIpc) is 2.64. The number of hydrogen-bond acceptors (Lipinski definition) is 3. The van der Waals surface area contributed by atoms with E-state index in [0.717, 1.165) is 32.6 Å². The number of rotatable bonds is 4. The van der Waals surface area contributed by atoms with Crippen LogP contribution in [0.5, 0.6) is 0 Å². The Morgan fingerprint density at radius 2 is 2.40 bits per heavy atom. The van der Waals surface area contributed by atoms with E-state index in [1.807, 2.05) is 6.20 Å². The van der Waals surface area contributed by atoms with Crippen molar-refractivity contribution in [2.75, 3.05) is 13.1 Å². The molecule has 1 aliphatic heterocycles. The van der Waals surface area contributed by atoms with E-state index in [1.165, 1.54) is 12.2 Å². The normalized spacial score (nSPS) is 18.8. The first-order valence-electron chi connectivity index (χ1n) is 5.73. The minimum absolute atomic E-state index is 0.330. The fourth-order valence-corrected chi connectivity index (χ4v) is 2.05. The van der Waals surface area contributed by atoms with Crippen LogP contribution in [0.3, 0.4) is 0 Å². The van der Waals surface area contributed by atoms with Crippen LogP contribution in [0.1, 0.15) is 25.6 Å². The molecular weight excluding hydrogens is 188 g/mol. The number of aromatic nitrogens is 2. The van der Waals surface area contributed by atoms with Crippen LogP contribution in [0, 0.1) is 0 Å². The molecular formula is C11H20N4. The Morgan fingerprint density at radius 3 is 3.20 bits per heavy atom. The molecule has 1 atom stereocenters. The zero-order chi connectivity index (χ0) is 10.7. The third-order valence-electron chi connectivity index (χ3n) is 2.96. The summed E-state index contributed by atoms with van der Waals surface area (Å²) in [6, 6.07) is 0.330. The van der Waals surface area contributed by atoms with E-state index >= 15 is 0 Å². The highest BCUT2D eigenvalue weighted by atomic mass is 15.2. The lowest BCUT2D eigenvalue weighted by molar-refractivity contribution is 0.212. The third-order valence-corrected chi connectivity index (χ3v) is 2.96. The molecule has 2 rings (SSSR count). The number of nitrogens with zero attached hydrogens (tertiary/aromatic N) is 3. The maximum absolute atomic E-state index is 5.73. The molecule has 0 saturated carbocycles. The molecule has 0 saturated heterocycles. The van der Waals surface area contributed by atoms with Gasteiger partial charge >= 0.3 is 0 Å². The summed E-state index contributed by atoms with van der Waals surface area (Å²) < 4.78 is 2.24. The molecule has 0 amide bonds. The van der Waals surface area contributed by atoms with Crippen LogP contribution in [-0.2, 0) is 13.1 Å². The average molecular weight is 208 g/mol. The first-order chi connectivity index (χ1) is 7.25. The summed E-state index contributed by atoms with van der Waals surface area (Å²) in [5.41, 5.74) is 5.73. The predicted octanol–water partition coefficient (Wildman–Crippen LogP) is 0.826. The van der Waals surface area contributed by atoms with Crippen LogP contribution in [0.4, 0.5) is 0 Å². The van der Waals surface area contributed by atoms with Gasteiger partial charge in [0.15, 0.2) is 0 Å². The molecule has 2 heterocycles. The maximum atomic E-state index is 5.73. The fourth-order valence-electron chi connectivity index (χ4n) is 2.05. The molecule has 0 aliphatic carbocycles. The van der Waals surface area contributed by atoms with Crippen LogP contribution >= 0.6 is 0 Å². The number of hydrogen-bond donors (Lipinski definition) is 1.